The Labute approximate surface area is 643 Å². The summed E-state index contributed by atoms with van der Waals surface area (Å²) in [6.45, 7) is 11.4. The predicted molar refractivity (Wildman–Crippen MR) is 389 cm³/mol. The van der Waals surface area contributed by atoms with E-state index in [1.807, 2.05) is 6.92 Å². The third-order valence-electron chi connectivity index (χ3n) is 36.6. The molecule has 35 atom stereocenters. The van der Waals surface area contributed by atoms with Crippen molar-refractivity contribution in [1.29, 1.82) is 0 Å². The second-order valence-electron chi connectivity index (χ2n) is 41.0. The van der Waals surface area contributed by atoms with E-state index in [2.05, 4.69) is 6.92 Å². The van der Waals surface area contributed by atoms with Gasteiger partial charge in [0.1, 0.15) is 0 Å². The Kier molecular flexibility index (Phi) is 19.9. The molecule has 0 radical (unpaired) electrons. The summed E-state index contributed by atoms with van der Waals surface area (Å²) < 4.78 is 57.0. The molecule has 18 bridgehead atoms. The van der Waals surface area contributed by atoms with Gasteiger partial charge in [-0.05, 0) is 286 Å². The van der Waals surface area contributed by atoms with Gasteiger partial charge >= 0.3 is 53.7 Å². The van der Waals surface area contributed by atoms with Crippen LogP contribution >= 0.6 is 0 Å². The van der Waals surface area contributed by atoms with E-state index in [0.717, 1.165) is 137 Å². The van der Waals surface area contributed by atoms with Gasteiger partial charge in [0, 0.05) is 54.1 Å². The molecule has 600 valence electrons. The Morgan fingerprint density at radius 2 is 0.706 bits per heavy atom. The van der Waals surface area contributed by atoms with Crippen LogP contribution in [0.15, 0.2) is 0 Å². The molecule has 27 aliphatic rings. The van der Waals surface area contributed by atoms with E-state index >= 15 is 0 Å². The molecule has 27 rings (SSSR count). The van der Waals surface area contributed by atoms with Crippen molar-refractivity contribution in [2.45, 2.75) is 232 Å². The van der Waals surface area contributed by atoms with Crippen molar-refractivity contribution in [2.75, 3.05) is 73.2 Å². The zero-order valence-electron chi connectivity index (χ0n) is 65.3. The summed E-state index contributed by atoms with van der Waals surface area (Å²) >= 11 is 0. The van der Waals surface area contributed by atoms with Crippen molar-refractivity contribution in [2.24, 2.45) is 193 Å². The lowest BCUT2D eigenvalue weighted by Gasteiger charge is -2.30. The van der Waals surface area contributed by atoms with E-state index in [1.165, 1.54) is 154 Å². The van der Waals surface area contributed by atoms with Gasteiger partial charge in [-0.25, -0.2) is 0 Å². The smallest absolute Gasteiger partial charge is 0.312 e. The number of methoxy groups -OCH3 is 1. The van der Waals surface area contributed by atoms with Gasteiger partial charge in [-0.3, -0.25) is 43.2 Å². The standard InChI is InChI=1S/C11H16O3.C10H14O3.5C10H14O2.2C9H12O2/c1-2-13-9-4-6-3-7(9)10-8(6)5-14-11(10)12;1-12-8-3-5-2-6(8)9-7(5)4-13-10(9)11;1-5-2-6-3-7(5)9-8(6)4-12-10(9)11;2*11-9-5-10(6-12-9)4-7-1-2-8(10)3-7;2*11-9-10(3-4-12-9)6-7-1-2-8(10)5-7;2*10-9-8-6-2-1-5(3-6)7(8)4-11-9/h6-10H,2-5H2,1H3;5-9H,2-4H2,1H3;5-9H,2-4H2,1H3;4*7-8H,1-6H2;2*5-8H,1-4H2. The molecule has 35 unspecified atom stereocenters. The largest absolute Gasteiger partial charge is 0.465 e. The number of rotatable bonds is 3. The Bertz CT molecular complexity index is 3390. The molecule has 20 heteroatoms. The molecular formula is C89H124O20. The Morgan fingerprint density at radius 3 is 1.06 bits per heavy atom. The van der Waals surface area contributed by atoms with E-state index in [1.54, 1.807) is 7.11 Å². The molecule has 9 saturated heterocycles. The molecule has 20 nitrogen and oxygen atoms in total. The molecule has 9 heterocycles. The van der Waals surface area contributed by atoms with E-state index in [-0.39, 0.29) is 76.4 Å². The first kappa shape index (κ1) is 74.3. The second-order valence-corrected chi connectivity index (χ2v) is 41.0. The normalized spacial score (nSPS) is 51.7. The van der Waals surface area contributed by atoms with E-state index in [9.17, 15) is 43.2 Å². The summed E-state index contributed by atoms with van der Waals surface area (Å²) in [5, 5.41) is 0. The van der Waals surface area contributed by atoms with Gasteiger partial charge in [0.2, 0.25) is 0 Å². The molecule has 18 aliphatic carbocycles. The maximum Gasteiger partial charge on any atom is 0.312 e. The van der Waals surface area contributed by atoms with Gasteiger partial charge in [-0.1, -0.05) is 32.6 Å². The number of ether oxygens (including phenoxy) is 11. The minimum Gasteiger partial charge on any atom is -0.465 e. The molecule has 0 amide bonds. The van der Waals surface area contributed by atoms with Crippen LogP contribution < -0.4 is 0 Å². The molecule has 0 aromatic carbocycles. The van der Waals surface area contributed by atoms with Crippen molar-refractivity contribution in [3.63, 3.8) is 0 Å². The number of carbonyl (C=O) groups excluding carboxylic acids is 9. The summed E-state index contributed by atoms with van der Waals surface area (Å²) in [5.41, 5.74) is 0.617. The number of hydrogen-bond donors (Lipinski definition) is 0. The van der Waals surface area contributed by atoms with Gasteiger partial charge in [0.25, 0.3) is 0 Å². The number of cyclic esters (lactones) is 9. The van der Waals surface area contributed by atoms with Gasteiger partial charge in [0.05, 0.1) is 125 Å². The SMILES string of the molecule is CC1CC2CC1C1C(=O)OCC21.CCOC1CC2CC1C1C(=O)OCC21.COC1CC2CC1C1C(=O)OCC21.O=C1CC2(CO1)CC1CCC2C1.O=C1CC2(CO1)CC1CCC2C1.O=C1OCC2C3CCC(C3)C12.O=C1OCC2C3CCC(C3)C12.O=C1OCCC12CC1CCC2C1.O=C1OCCC12CC1CCC2C1. The van der Waals surface area contributed by atoms with Crippen molar-refractivity contribution >= 4 is 53.7 Å². The van der Waals surface area contributed by atoms with Gasteiger partial charge < -0.3 is 52.1 Å². The molecular weight excluding hydrogens is 1390 g/mol. The lowest BCUT2D eigenvalue weighted by molar-refractivity contribution is -0.149. The monoisotopic (exact) mass is 1510 g/mol. The quantitative estimate of drug-likeness (QED) is 0.188. The summed E-state index contributed by atoms with van der Waals surface area (Å²) in [6, 6.07) is 0. The first-order chi connectivity index (χ1) is 52.8. The lowest BCUT2D eigenvalue weighted by Crippen LogP contribution is -2.33. The summed E-state index contributed by atoms with van der Waals surface area (Å²) in [5.74, 6) is 18.9. The molecule has 0 aromatic heterocycles. The molecule has 9 aliphatic heterocycles. The molecule has 109 heavy (non-hydrogen) atoms. The van der Waals surface area contributed by atoms with Crippen LogP contribution in [0.3, 0.4) is 0 Å². The summed E-state index contributed by atoms with van der Waals surface area (Å²) in [4.78, 5) is 102. The maximum absolute atomic E-state index is 11.6. The Morgan fingerprint density at radius 1 is 0.339 bits per heavy atom. The molecule has 27 fully saturated rings. The molecule has 0 aromatic rings. The fourth-order valence-electron chi connectivity index (χ4n) is 31.7. The van der Waals surface area contributed by atoms with E-state index in [0.29, 0.717) is 163 Å². The van der Waals surface area contributed by atoms with Crippen LogP contribution in [0, 0.1) is 193 Å². The third-order valence-corrected chi connectivity index (χ3v) is 36.6. The average molecular weight is 1510 g/mol. The fraction of sp³-hybridized carbons (Fsp3) is 0.899. The van der Waals surface area contributed by atoms with E-state index < -0.39 is 0 Å². The van der Waals surface area contributed by atoms with Crippen molar-refractivity contribution < 1.29 is 95.3 Å². The molecule has 18 saturated carbocycles. The number of esters is 9. The minimum atomic E-state index is 0.00289. The summed E-state index contributed by atoms with van der Waals surface area (Å²) in [7, 11) is 1.75. The highest BCUT2D eigenvalue weighted by Crippen LogP contribution is 2.66. The van der Waals surface area contributed by atoms with Crippen LogP contribution in [0.1, 0.15) is 219 Å². The van der Waals surface area contributed by atoms with Crippen LogP contribution in [0.5, 0.6) is 0 Å². The Balaban J connectivity index is 0.0000000833. The predicted octanol–water partition coefficient (Wildman–Crippen LogP) is 12.9. The highest BCUT2D eigenvalue weighted by molar-refractivity contribution is 5.81. The number of hydrogen-bond acceptors (Lipinski definition) is 20. The lowest BCUT2D eigenvalue weighted by atomic mass is 9.72. The zero-order chi connectivity index (χ0) is 74.6. The van der Waals surface area contributed by atoms with Gasteiger partial charge in [-0.2, -0.15) is 0 Å². The van der Waals surface area contributed by atoms with E-state index in [4.69, 9.17) is 52.1 Å². The fourth-order valence-corrected chi connectivity index (χ4v) is 31.7. The number of fused-ring (bicyclic) bond motifs is 37. The van der Waals surface area contributed by atoms with Crippen LogP contribution in [0.4, 0.5) is 0 Å². The van der Waals surface area contributed by atoms with Crippen LogP contribution in [0.2, 0.25) is 0 Å². The van der Waals surface area contributed by atoms with Crippen LogP contribution in [-0.4, -0.2) is 139 Å². The third kappa shape index (κ3) is 12.8. The van der Waals surface area contributed by atoms with Gasteiger partial charge in [-0.15, -0.1) is 0 Å². The van der Waals surface area contributed by atoms with Crippen LogP contribution in [-0.2, 0) is 95.3 Å². The van der Waals surface area contributed by atoms with Crippen LogP contribution in [0.25, 0.3) is 0 Å². The first-order valence-corrected chi connectivity index (χ1v) is 44.4. The Hall–Kier alpha value is -4.85. The second kappa shape index (κ2) is 29.2. The van der Waals surface area contributed by atoms with Gasteiger partial charge in [0.15, 0.2) is 0 Å². The first-order valence-electron chi connectivity index (χ1n) is 44.4. The minimum absolute atomic E-state index is 0.00289. The number of carbonyl (C=O) groups is 9. The topological polar surface area (TPSA) is 255 Å². The molecule has 4 spiro atoms. The average Bonchev–Trinajstić information content (AvgIpc) is 1.62. The highest BCUT2D eigenvalue weighted by Gasteiger charge is 2.65. The highest BCUT2D eigenvalue weighted by atomic mass is 16.6. The van der Waals surface area contributed by atoms with Crippen molar-refractivity contribution in [3.05, 3.63) is 0 Å². The van der Waals surface area contributed by atoms with Crippen molar-refractivity contribution in [3.8, 4) is 0 Å². The molecule has 0 N–H and O–H groups in total. The summed E-state index contributed by atoms with van der Waals surface area (Å²) in [6.07, 6.45) is 40.2. The van der Waals surface area contributed by atoms with Crippen molar-refractivity contribution in [1.82, 2.24) is 0 Å². The maximum atomic E-state index is 11.6. The zero-order valence-corrected chi connectivity index (χ0v) is 65.3.